The third-order valence-corrected chi connectivity index (χ3v) is 7.86. The van der Waals surface area contributed by atoms with E-state index in [4.69, 9.17) is 16.3 Å². The van der Waals surface area contributed by atoms with E-state index in [2.05, 4.69) is 0 Å². The monoisotopic (exact) mass is 481 g/mol. The lowest BCUT2D eigenvalue weighted by molar-refractivity contribution is -0.139. The van der Waals surface area contributed by atoms with Crippen LogP contribution in [0.15, 0.2) is 46.6 Å². The van der Waals surface area contributed by atoms with Crippen LogP contribution in [0.1, 0.15) is 38.2 Å². The van der Waals surface area contributed by atoms with E-state index in [9.17, 15) is 24.3 Å². The lowest BCUT2D eigenvalue weighted by Gasteiger charge is -2.42. The Labute approximate surface area is 201 Å². The quantitative estimate of drug-likeness (QED) is 0.403. The molecular weight excluding hydrogens is 458 g/mol. The number of aromatic hydroxyl groups is 1. The van der Waals surface area contributed by atoms with E-state index in [1.807, 2.05) is 6.08 Å². The van der Waals surface area contributed by atoms with Crippen molar-refractivity contribution in [3.8, 4) is 11.5 Å². The molecule has 7 nitrogen and oxygen atoms in total. The van der Waals surface area contributed by atoms with Crippen molar-refractivity contribution in [1.29, 1.82) is 0 Å². The molecule has 1 heterocycles. The second-order valence-corrected chi connectivity index (χ2v) is 9.61. The summed E-state index contributed by atoms with van der Waals surface area (Å²) in [7, 11) is 1.40. The average molecular weight is 482 g/mol. The number of amides is 2. The van der Waals surface area contributed by atoms with E-state index in [1.54, 1.807) is 26.0 Å². The lowest BCUT2D eigenvalue weighted by Crippen LogP contribution is -2.39. The molecule has 0 aromatic heterocycles. The van der Waals surface area contributed by atoms with E-state index in [1.165, 1.54) is 18.1 Å². The van der Waals surface area contributed by atoms with Gasteiger partial charge < -0.3 is 9.84 Å². The van der Waals surface area contributed by atoms with Crippen molar-refractivity contribution in [2.75, 3.05) is 13.7 Å². The van der Waals surface area contributed by atoms with Crippen molar-refractivity contribution in [3.05, 3.63) is 57.2 Å². The molecule has 1 saturated heterocycles. The standard InChI is InChI=1S/C26H24ClNO6/c1-4-28-25(32)14-6-5-13-15(21(14)26(28)33)10-16-18(29)7-11(2)23(30)22(16)20(13)12-8-17(27)24(31)19(9-12)34-3/h5,7-9,14-15,20-21,31H,4,6,10H2,1-3H3. The minimum atomic E-state index is -0.639. The lowest BCUT2D eigenvalue weighted by atomic mass is 9.59. The largest absolute Gasteiger partial charge is 0.503 e. The number of halogens is 1. The van der Waals surface area contributed by atoms with Crippen LogP contribution in [0.3, 0.4) is 0 Å². The molecule has 0 spiro atoms. The normalized spacial score (nSPS) is 28.4. The van der Waals surface area contributed by atoms with Gasteiger partial charge in [-0.2, -0.15) is 0 Å². The number of likely N-dealkylation sites (tertiary alicyclic amines) is 1. The Morgan fingerprint density at radius 2 is 1.88 bits per heavy atom. The summed E-state index contributed by atoms with van der Waals surface area (Å²) < 4.78 is 5.29. The van der Waals surface area contributed by atoms with Crippen LogP contribution in [0.2, 0.25) is 5.02 Å². The van der Waals surface area contributed by atoms with Crippen molar-refractivity contribution < 1.29 is 29.0 Å². The fourth-order valence-corrected chi connectivity index (χ4v) is 6.25. The van der Waals surface area contributed by atoms with Crippen LogP contribution in [0.25, 0.3) is 0 Å². The predicted octanol–water partition coefficient (Wildman–Crippen LogP) is 3.50. The fraction of sp³-hybridized carbons (Fsp3) is 0.385. The highest BCUT2D eigenvalue weighted by molar-refractivity contribution is 6.32. The van der Waals surface area contributed by atoms with Gasteiger partial charge >= 0.3 is 0 Å². The first-order valence-electron chi connectivity index (χ1n) is 11.3. The molecule has 4 atom stereocenters. The molecule has 176 valence electrons. The van der Waals surface area contributed by atoms with Crippen molar-refractivity contribution in [1.82, 2.24) is 4.90 Å². The highest BCUT2D eigenvalue weighted by atomic mass is 35.5. The number of rotatable bonds is 3. The third-order valence-electron chi connectivity index (χ3n) is 7.58. The summed E-state index contributed by atoms with van der Waals surface area (Å²) in [6.07, 6.45) is 3.91. The topological polar surface area (TPSA) is 101 Å². The second-order valence-electron chi connectivity index (χ2n) is 9.20. The van der Waals surface area contributed by atoms with Crippen LogP contribution in [-0.4, -0.2) is 47.0 Å². The number of fused-ring (bicyclic) bond motifs is 3. The van der Waals surface area contributed by atoms with Crippen molar-refractivity contribution in [3.63, 3.8) is 0 Å². The number of benzene rings is 1. The molecule has 34 heavy (non-hydrogen) atoms. The number of carbonyl (C=O) groups excluding carboxylic acids is 4. The molecule has 1 aromatic rings. The molecule has 8 heteroatoms. The SMILES string of the molecule is CCN1C(=O)C2CC=C3C(c4cc(Cl)c(O)c(OC)c4)C4=C(CC3C2C1=O)C(=O)C=C(C)C4=O. The summed E-state index contributed by atoms with van der Waals surface area (Å²) in [5.41, 5.74) is 2.52. The number of hydrogen-bond acceptors (Lipinski definition) is 6. The van der Waals surface area contributed by atoms with E-state index in [-0.39, 0.29) is 46.3 Å². The van der Waals surface area contributed by atoms with Gasteiger partial charge in [-0.1, -0.05) is 23.3 Å². The van der Waals surface area contributed by atoms with Gasteiger partial charge in [0.15, 0.2) is 23.1 Å². The van der Waals surface area contributed by atoms with Crippen molar-refractivity contribution in [2.24, 2.45) is 17.8 Å². The highest BCUT2D eigenvalue weighted by Gasteiger charge is 2.55. The molecule has 1 fully saturated rings. The molecule has 3 aliphatic carbocycles. The van der Waals surface area contributed by atoms with Crippen LogP contribution < -0.4 is 4.74 Å². The zero-order chi connectivity index (χ0) is 24.5. The molecule has 0 radical (unpaired) electrons. The number of Topliss-reactive ketones (excluding diaryl/α,β-unsaturated/α-hetero) is 1. The number of carbonyl (C=O) groups is 4. The van der Waals surface area contributed by atoms with Gasteiger partial charge in [-0.05, 0) is 56.4 Å². The highest BCUT2D eigenvalue weighted by Crippen LogP contribution is 2.56. The van der Waals surface area contributed by atoms with Crippen molar-refractivity contribution in [2.45, 2.75) is 32.6 Å². The maximum absolute atomic E-state index is 13.4. The number of imide groups is 1. The Bertz CT molecular complexity index is 1270. The van der Waals surface area contributed by atoms with E-state index >= 15 is 0 Å². The first-order valence-corrected chi connectivity index (χ1v) is 11.7. The van der Waals surface area contributed by atoms with Crippen LogP contribution in [0.4, 0.5) is 0 Å². The maximum Gasteiger partial charge on any atom is 0.233 e. The number of phenolic OH excluding ortho intramolecular Hbond substituents is 1. The third kappa shape index (κ3) is 3.03. The van der Waals surface area contributed by atoms with Gasteiger partial charge in [-0.15, -0.1) is 0 Å². The van der Waals surface area contributed by atoms with E-state index < -0.39 is 23.7 Å². The Balaban J connectivity index is 1.73. The second kappa shape index (κ2) is 7.94. The number of phenols is 1. The first-order chi connectivity index (χ1) is 16.2. The fourth-order valence-electron chi connectivity index (χ4n) is 6.03. The van der Waals surface area contributed by atoms with Gasteiger partial charge in [-0.3, -0.25) is 24.1 Å². The van der Waals surface area contributed by atoms with Gasteiger partial charge in [0.2, 0.25) is 11.8 Å². The molecule has 2 amide bonds. The van der Waals surface area contributed by atoms with Gasteiger partial charge in [0.25, 0.3) is 0 Å². The molecule has 4 aliphatic rings. The number of hydrogen-bond donors (Lipinski definition) is 1. The van der Waals surface area contributed by atoms with Crippen LogP contribution in [-0.2, 0) is 19.2 Å². The minimum Gasteiger partial charge on any atom is -0.503 e. The van der Waals surface area contributed by atoms with E-state index in [0.29, 0.717) is 35.2 Å². The summed E-state index contributed by atoms with van der Waals surface area (Å²) >= 11 is 6.30. The van der Waals surface area contributed by atoms with Gasteiger partial charge in [-0.25, -0.2) is 0 Å². The molecule has 0 bridgehead atoms. The number of ketones is 2. The Hall–Kier alpha value is -3.19. The van der Waals surface area contributed by atoms with Crippen LogP contribution >= 0.6 is 11.6 Å². The molecule has 0 saturated carbocycles. The first kappa shape index (κ1) is 22.6. The Morgan fingerprint density at radius 1 is 1.15 bits per heavy atom. The smallest absolute Gasteiger partial charge is 0.233 e. The van der Waals surface area contributed by atoms with Gasteiger partial charge in [0.05, 0.1) is 24.0 Å². The summed E-state index contributed by atoms with van der Waals surface area (Å²) in [6.45, 7) is 3.68. The average Bonchev–Trinajstić information content (AvgIpc) is 3.07. The number of allylic oxidation sites excluding steroid dienone is 6. The molecule has 5 rings (SSSR count). The predicted molar refractivity (Wildman–Crippen MR) is 123 cm³/mol. The van der Waals surface area contributed by atoms with Gasteiger partial charge in [0, 0.05) is 29.2 Å². The molecule has 1 aliphatic heterocycles. The Morgan fingerprint density at radius 3 is 2.56 bits per heavy atom. The minimum absolute atomic E-state index is 0.0547. The zero-order valence-corrected chi connectivity index (χ0v) is 19.8. The molecule has 4 unspecified atom stereocenters. The molecule has 1 N–H and O–H groups in total. The number of methoxy groups -OCH3 is 1. The zero-order valence-electron chi connectivity index (χ0n) is 19.1. The molecular formula is C26H24ClNO6. The summed E-state index contributed by atoms with van der Waals surface area (Å²) in [4.78, 5) is 53.9. The Kier molecular flexibility index (Phi) is 5.28. The van der Waals surface area contributed by atoms with Gasteiger partial charge in [0.1, 0.15) is 0 Å². The number of ether oxygens (including phenoxy) is 1. The summed E-state index contributed by atoms with van der Waals surface area (Å²) in [5, 5.41) is 10.3. The maximum atomic E-state index is 13.4. The molecule has 1 aromatic carbocycles. The van der Waals surface area contributed by atoms with Crippen LogP contribution in [0, 0.1) is 17.8 Å². The van der Waals surface area contributed by atoms with Crippen molar-refractivity contribution >= 4 is 35.0 Å². The van der Waals surface area contributed by atoms with E-state index in [0.717, 1.165) is 5.57 Å². The number of nitrogens with zero attached hydrogens (tertiary/aromatic N) is 1. The summed E-state index contributed by atoms with van der Waals surface area (Å²) in [5.74, 6) is -3.03. The summed E-state index contributed by atoms with van der Waals surface area (Å²) in [6, 6.07) is 3.17. The van der Waals surface area contributed by atoms with Crippen LogP contribution in [0.5, 0.6) is 11.5 Å².